The standard InChI is InChI=1S/C16H24FN3O/c1-12(16(21)15-6-5-14(17)9-18-15)10-20-8-4-7-19(3)11-13(20)2/h5-6,9,12-13H,4,7-8,10-11H2,1-3H3. The zero-order valence-corrected chi connectivity index (χ0v) is 13.1. The molecule has 0 N–H and O–H groups in total. The molecule has 0 aliphatic carbocycles. The normalized spacial score (nSPS) is 22.8. The Morgan fingerprint density at radius 2 is 2.24 bits per heavy atom. The van der Waals surface area contributed by atoms with Crippen LogP contribution in [0.15, 0.2) is 18.3 Å². The highest BCUT2D eigenvalue weighted by molar-refractivity contribution is 5.95. The monoisotopic (exact) mass is 293 g/mol. The van der Waals surface area contributed by atoms with E-state index >= 15 is 0 Å². The van der Waals surface area contributed by atoms with Crippen molar-refractivity contribution in [1.82, 2.24) is 14.8 Å². The Kier molecular flexibility index (Phi) is 5.42. The van der Waals surface area contributed by atoms with Crippen LogP contribution in [0, 0.1) is 11.7 Å². The van der Waals surface area contributed by atoms with Crippen LogP contribution in [0.5, 0.6) is 0 Å². The molecule has 1 saturated heterocycles. The minimum absolute atomic E-state index is 0.0141. The Balaban J connectivity index is 1.98. The van der Waals surface area contributed by atoms with E-state index in [2.05, 4.69) is 28.8 Å². The number of ketones is 1. The van der Waals surface area contributed by atoms with Crippen LogP contribution in [0.1, 0.15) is 30.8 Å². The molecule has 1 aromatic heterocycles. The Morgan fingerprint density at radius 1 is 1.48 bits per heavy atom. The van der Waals surface area contributed by atoms with Gasteiger partial charge in [0.05, 0.1) is 6.20 Å². The minimum Gasteiger partial charge on any atom is -0.305 e. The summed E-state index contributed by atoms with van der Waals surface area (Å²) in [5.74, 6) is -0.558. The number of halogens is 1. The number of likely N-dealkylation sites (N-methyl/N-ethyl adjacent to an activating group) is 1. The highest BCUT2D eigenvalue weighted by Gasteiger charge is 2.24. The van der Waals surface area contributed by atoms with E-state index in [0.717, 1.165) is 38.8 Å². The molecular formula is C16H24FN3O. The predicted molar refractivity (Wildman–Crippen MR) is 80.8 cm³/mol. The second kappa shape index (κ2) is 7.09. The first kappa shape index (κ1) is 16.0. The van der Waals surface area contributed by atoms with E-state index in [-0.39, 0.29) is 11.7 Å². The zero-order chi connectivity index (χ0) is 15.4. The molecule has 0 saturated carbocycles. The number of hydrogen-bond acceptors (Lipinski definition) is 4. The molecule has 0 spiro atoms. The molecular weight excluding hydrogens is 269 g/mol. The molecule has 2 rings (SSSR count). The molecule has 2 heterocycles. The Labute approximate surface area is 126 Å². The number of nitrogens with zero attached hydrogens (tertiary/aromatic N) is 3. The van der Waals surface area contributed by atoms with Gasteiger partial charge in [-0.3, -0.25) is 14.7 Å². The Bertz CT molecular complexity index is 477. The van der Waals surface area contributed by atoms with Crippen molar-refractivity contribution in [3.63, 3.8) is 0 Å². The first-order chi connectivity index (χ1) is 9.97. The van der Waals surface area contributed by atoms with Gasteiger partial charge in [0.15, 0.2) is 5.78 Å². The van der Waals surface area contributed by atoms with E-state index in [4.69, 9.17) is 0 Å². The maximum atomic E-state index is 12.9. The molecule has 5 heteroatoms. The van der Waals surface area contributed by atoms with Crippen molar-refractivity contribution in [3.05, 3.63) is 29.8 Å². The number of hydrogen-bond donors (Lipinski definition) is 0. The van der Waals surface area contributed by atoms with Crippen LogP contribution in [0.3, 0.4) is 0 Å². The lowest BCUT2D eigenvalue weighted by molar-refractivity contribution is 0.0868. The Morgan fingerprint density at radius 3 is 2.90 bits per heavy atom. The molecule has 1 fully saturated rings. The van der Waals surface area contributed by atoms with E-state index < -0.39 is 5.82 Å². The molecule has 0 bridgehead atoms. The first-order valence-electron chi connectivity index (χ1n) is 7.55. The van der Waals surface area contributed by atoms with Crippen LogP contribution >= 0.6 is 0 Å². The summed E-state index contributed by atoms with van der Waals surface area (Å²) in [5, 5.41) is 0. The van der Waals surface area contributed by atoms with Gasteiger partial charge in [-0.15, -0.1) is 0 Å². The fraction of sp³-hybridized carbons (Fsp3) is 0.625. The van der Waals surface area contributed by atoms with Gasteiger partial charge in [-0.25, -0.2) is 4.39 Å². The third-order valence-corrected chi connectivity index (χ3v) is 4.12. The number of rotatable bonds is 4. The molecule has 0 amide bonds. The van der Waals surface area contributed by atoms with E-state index in [1.807, 2.05) is 6.92 Å². The fourth-order valence-corrected chi connectivity index (χ4v) is 2.90. The van der Waals surface area contributed by atoms with E-state index in [1.165, 1.54) is 12.1 Å². The summed E-state index contributed by atoms with van der Waals surface area (Å²) in [5.41, 5.74) is 0.350. The van der Waals surface area contributed by atoms with Gasteiger partial charge in [-0.1, -0.05) is 6.92 Å². The summed E-state index contributed by atoms with van der Waals surface area (Å²) in [4.78, 5) is 21.0. The third-order valence-electron chi connectivity index (χ3n) is 4.12. The molecule has 1 aliphatic heterocycles. The molecule has 1 aromatic rings. The number of carbonyl (C=O) groups is 1. The van der Waals surface area contributed by atoms with Gasteiger partial charge in [0.2, 0.25) is 0 Å². The molecule has 1 aliphatic rings. The van der Waals surface area contributed by atoms with Gasteiger partial charge in [0.1, 0.15) is 11.5 Å². The van der Waals surface area contributed by atoms with E-state index in [0.29, 0.717) is 11.7 Å². The van der Waals surface area contributed by atoms with Gasteiger partial charge in [0, 0.05) is 25.0 Å². The average Bonchev–Trinajstić information content (AvgIpc) is 2.60. The van der Waals surface area contributed by atoms with Crippen molar-refractivity contribution in [2.24, 2.45) is 5.92 Å². The van der Waals surface area contributed by atoms with Crippen LogP contribution in [0.2, 0.25) is 0 Å². The third kappa shape index (κ3) is 4.32. The smallest absolute Gasteiger partial charge is 0.185 e. The number of pyridine rings is 1. The maximum absolute atomic E-state index is 12.9. The van der Waals surface area contributed by atoms with Crippen molar-refractivity contribution < 1.29 is 9.18 Å². The molecule has 4 nitrogen and oxygen atoms in total. The average molecular weight is 293 g/mol. The molecule has 116 valence electrons. The van der Waals surface area contributed by atoms with Crippen LogP contribution in [0.4, 0.5) is 4.39 Å². The topological polar surface area (TPSA) is 36.4 Å². The summed E-state index contributed by atoms with van der Waals surface area (Å²) in [7, 11) is 2.14. The van der Waals surface area contributed by atoms with E-state index in [1.54, 1.807) is 0 Å². The fourth-order valence-electron chi connectivity index (χ4n) is 2.90. The van der Waals surface area contributed by atoms with Gasteiger partial charge >= 0.3 is 0 Å². The summed E-state index contributed by atoms with van der Waals surface area (Å²) in [6, 6.07) is 3.19. The predicted octanol–water partition coefficient (Wildman–Crippen LogP) is 2.07. The molecule has 2 atom stereocenters. The second-order valence-electron chi connectivity index (χ2n) is 6.09. The van der Waals surface area contributed by atoms with E-state index in [9.17, 15) is 9.18 Å². The first-order valence-corrected chi connectivity index (χ1v) is 7.55. The number of carbonyl (C=O) groups excluding carboxylic acids is 1. The molecule has 0 aromatic carbocycles. The SMILES string of the molecule is CC(CN1CCCN(C)CC1C)C(=O)c1ccc(F)cn1. The minimum atomic E-state index is -0.414. The van der Waals surface area contributed by atoms with Crippen molar-refractivity contribution in [1.29, 1.82) is 0 Å². The summed E-state index contributed by atoms with van der Waals surface area (Å²) in [6.07, 6.45) is 2.22. The lowest BCUT2D eigenvalue weighted by Gasteiger charge is -2.29. The molecule has 2 unspecified atom stereocenters. The summed E-state index contributed by atoms with van der Waals surface area (Å²) >= 11 is 0. The van der Waals surface area contributed by atoms with Crippen molar-refractivity contribution >= 4 is 5.78 Å². The maximum Gasteiger partial charge on any atom is 0.185 e. The second-order valence-corrected chi connectivity index (χ2v) is 6.09. The summed E-state index contributed by atoms with van der Waals surface area (Å²) in [6.45, 7) is 8.00. The van der Waals surface area contributed by atoms with Gasteiger partial charge < -0.3 is 4.90 Å². The van der Waals surface area contributed by atoms with Crippen molar-refractivity contribution in [3.8, 4) is 0 Å². The quantitative estimate of drug-likeness (QED) is 0.796. The highest BCUT2D eigenvalue weighted by atomic mass is 19.1. The van der Waals surface area contributed by atoms with Crippen LogP contribution in [-0.4, -0.2) is 59.8 Å². The Hall–Kier alpha value is -1.33. The summed E-state index contributed by atoms with van der Waals surface area (Å²) < 4.78 is 12.9. The number of Topliss-reactive ketones (excluding diaryl/α,β-unsaturated/α-hetero) is 1. The molecule has 0 radical (unpaired) electrons. The number of aromatic nitrogens is 1. The largest absolute Gasteiger partial charge is 0.305 e. The van der Waals surface area contributed by atoms with Crippen LogP contribution in [-0.2, 0) is 0 Å². The van der Waals surface area contributed by atoms with Crippen molar-refractivity contribution in [2.75, 3.05) is 33.2 Å². The van der Waals surface area contributed by atoms with Gasteiger partial charge in [-0.05, 0) is 45.6 Å². The van der Waals surface area contributed by atoms with Gasteiger partial charge in [0.25, 0.3) is 0 Å². The van der Waals surface area contributed by atoms with Gasteiger partial charge in [-0.2, -0.15) is 0 Å². The lowest BCUT2D eigenvalue weighted by Crippen LogP contribution is -2.41. The highest BCUT2D eigenvalue weighted by Crippen LogP contribution is 2.14. The van der Waals surface area contributed by atoms with Crippen molar-refractivity contribution in [2.45, 2.75) is 26.3 Å². The molecule has 21 heavy (non-hydrogen) atoms. The van der Waals surface area contributed by atoms with Crippen LogP contribution in [0.25, 0.3) is 0 Å². The lowest BCUT2D eigenvalue weighted by atomic mass is 10.0. The van der Waals surface area contributed by atoms with Crippen LogP contribution < -0.4 is 0 Å². The zero-order valence-electron chi connectivity index (χ0n) is 13.1.